The number of benzene rings is 1. The summed E-state index contributed by atoms with van der Waals surface area (Å²) in [5, 5.41) is 11.4. The monoisotopic (exact) mass is 333 g/mol. The third-order valence-electron chi connectivity index (χ3n) is 4.76. The molecule has 6 heteroatoms. The van der Waals surface area contributed by atoms with Crippen LogP contribution in [0.1, 0.15) is 56.5 Å². The molecule has 1 aliphatic heterocycles. The molecule has 2 atom stereocenters. The SMILES string of the molecule is CC1CCN(C(=O)c2ccc(C(C)(C)C)c([N+](=O)[O-])c2)C(CN)C1. The maximum Gasteiger partial charge on any atom is 0.273 e. The molecule has 2 N–H and O–H groups in total. The molecule has 1 saturated heterocycles. The summed E-state index contributed by atoms with van der Waals surface area (Å²) in [7, 11) is 0. The second kappa shape index (κ2) is 6.89. The number of nitrogens with two attached hydrogens (primary N) is 1. The van der Waals surface area contributed by atoms with Crippen LogP contribution in [-0.4, -0.2) is 34.9 Å². The Morgan fingerprint density at radius 2 is 2.08 bits per heavy atom. The van der Waals surface area contributed by atoms with Gasteiger partial charge in [-0.3, -0.25) is 14.9 Å². The number of piperidine rings is 1. The van der Waals surface area contributed by atoms with E-state index in [-0.39, 0.29) is 23.1 Å². The quantitative estimate of drug-likeness (QED) is 0.680. The number of rotatable bonds is 3. The molecule has 1 aromatic carbocycles. The molecule has 1 amide bonds. The van der Waals surface area contributed by atoms with E-state index in [0.717, 1.165) is 12.8 Å². The van der Waals surface area contributed by atoms with Crippen LogP contribution in [0.2, 0.25) is 0 Å². The summed E-state index contributed by atoms with van der Waals surface area (Å²) >= 11 is 0. The molecule has 1 fully saturated rings. The fraction of sp³-hybridized carbons (Fsp3) is 0.611. The molecule has 0 saturated carbocycles. The summed E-state index contributed by atoms with van der Waals surface area (Å²) in [6.07, 6.45) is 1.81. The van der Waals surface area contributed by atoms with Crippen molar-refractivity contribution in [1.29, 1.82) is 0 Å². The number of nitro groups is 1. The molecule has 6 nitrogen and oxygen atoms in total. The summed E-state index contributed by atoms with van der Waals surface area (Å²) in [5.41, 5.74) is 6.47. The van der Waals surface area contributed by atoms with Gasteiger partial charge in [0, 0.05) is 36.3 Å². The molecular weight excluding hydrogens is 306 g/mol. The fourth-order valence-corrected chi connectivity index (χ4v) is 3.36. The van der Waals surface area contributed by atoms with Crippen molar-refractivity contribution in [3.05, 3.63) is 39.4 Å². The number of nitrogens with zero attached hydrogens (tertiary/aromatic N) is 2. The van der Waals surface area contributed by atoms with Crippen molar-refractivity contribution in [2.75, 3.05) is 13.1 Å². The Balaban J connectivity index is 2.36. The summed E-state index contributed by atoms with van der Waals surface area (Å²) in [6, 6.07) is 4.81. The minimum absolute atomic E-state index is 0.00241. The number of carbonyl (C=O) groups excluding carboxylic acids is 1. The van der Waals surface area contributed by atoms with Crippen LogP contribution >= 0.6 is 0 Å². The highest BCUT2D eigenvalue weighted by atomic mass is 16.6. The van der Waals surface area contributed by atoms with Gasteiger partial charge in [0.2, 0.25) is 0 Å². The lowest BCUT2D eigenvalue weighted by atomic mass is 9.85. The molecule has 0 aliphatic carbocycles. The van der Waals surface area contributed by atoms with Crippen LogP contribution in [0.4, 0.5) is 5.69 Å². The van der Waals surface area contributed by atoms with Gasteiger partial charge in [0.1, 0.15) is 0 Å². The van der Waals surface area contributed by atoms with Gasteiger partial charge < -0.3 is 10.6 Å². The minimum Gasteiger partial charge on any atom is -0.334 e. The van der Waals surface area contributed by atoms with Crippen LogP contribution in [-0.2, 0) is 5.41 Å². The minimum atomic E-state index is -0.407. The lowest BCUT2D eigenvalue weighted by Gasteiger charge is -2.38. The van der Waals surface area contributed by atoms with Crippen molar-refractivity contribution in [2.24, 2.45) is 11.7 Å². The van der Waals surface area contributed by atoms with Gasteiger partial charge >= 0.3 is 0 Å². The van der Waals surface area contributed by atoms with E-state index in [9.17, 15) is 14.9 Å². The normalized spacial score (nSPS) is 21.6. The first kappa shape index (κ1) is 18.4. The second-order valence-corrected chi connectivity index (χ2v) is 7.76. The van der Waals surface area contributed by atoms with Crippen LogP contribution in [0.15, 0.2) is 18.2 Å². The zero-order chi connectivity index (χ0) is 18.1. The molecule has 24 heavy (non-hydrogen) atoms. The molecule has 0 spiro atoms. The number of nitro benzene ring substituents is 1. The van der Waals surface area contributed by atoms with Gasteiger partial charge in [-0.05, 0) is 30.2 Å². The number of hydrogen-bond donors (Lipinski definition) is 1. The van der Waals surface area contributed by atoms with E-state index >= 15 is 0 Å². The van der Waals surface area contributed by atoms with Crippen molar-refractivity contribution < 1.29 is 9.72 Å². The van der Waals surface area contributed by atoms with Crippen LogP contribution in [0.3, 0.4) is 0 Å². The van der Waals surface area contributed by atoms with E-state index in [0.29, 0.717) is 30.1 Å². The Labute approximate surface area is 143 Å². The first-order valence-corrected chi connectivity index (χ1v) is 8.45. The zero-order valence-corrected chi connectivity index (χ0v) is 14.9. The Kier molecular flexibility index (Phi) is 5.28. The maximum absolute atomic E-state index is 12.9. The fourth-order valence-electron chi connectivity index (χ4n) is 3.36. The van der Waals surface area contributed by atoms with Crippen molar-refractivity contribution >= 4 is 11.6 Å². The van der Waals surface area contributed by atoms with Gasteiger partial charge in [-0.15, -0.1) is 0 Å². The number of carbonyl (C=O) groups is 1. The lowest BCUT2D eigenvalue weighted by Crippen LogP contribution is -2.49. The smallest absolute Gasteiger partial charge is 0.273 e. The van der Waals surface area contributed by atoms with E-state index in [2.05, 4.69) is 6.92 Å². The summed E-state index contributed by atoms with van der Waals surface area (Å²) in [6.45, 7) is 9.00. The van der Waals surface area contributed by atoms with E-state index < -0.39 is 4.92 Å². The number of likely N-dealkylation sites (tertiary alicyclic amines) is 1. The van der Waals surface area contributed by atoms with Gasteiger partial charge in [-0.2, -0.15) is 0 Å². The van der Waals surface area contributed by atoms with Gasteiger partial charge in [-0.1, -0.05) is 33.8 Å². The third kappa shape index (κ3) is 3.75. The third-order valence-corrected chi connectivity index (χ3v) is 4.76. The van der Waals surface area contributed by atoms with Gasteiger partial charge in [0.05, 0.1) is 4.92 Å². The molecule has 0 bridgehead atoms. The number of hydrogen-bond acceptors (Lipinski definition) is 4. The highest BCUT2D eigenvalue weighted by Gasteiger charge is 2.31. The predicted octanol–water partition coefficient (Wildman–Crippen LogP) is 3.09. The van der Waals surface area contributed by atoms with Crippen molar-refractivity contribution in [3.63, 3.8) is 0 Å². The predicted molar refractivity (Wildman–Crippen MR) is 94.1 cm³/mol. The average Bonchev–Trinajstić information content (AvgIpc) is 2.52. The van der Waals surface area contributed by atoms with Crippen molar-refractivity contribution in [2.45, 2.75) is 52.0 Å². The zero-order valence-electron chi connectivity index (χ0n) is 14.9. The Hall–Kier alpha value is -1.95. The maximum atomic E-state index is 12.9. The van der Waals surface area contributed by atoms with E-state index in [1.807, 2.05) is 20.8 Å². The Morgan fingerprint density at radius 3 is 2.62 bits per heavy atom. The van der Waals surface area contributed by atoms with Crippen LogP contribution in [0.5, 0.6) is 0 Å². The van der Waals surface area contributed by atoms with Gasteiger partial charge in [-0.25, -0.2) is 0 Å². The highest BCUT2D eigenvalue weighted by Crippen LogP contribution is 2.32. The topological polar surface area (TPSA) is 89.5 Å². The summed E-state index contributed by atoms with van der Waals surface area (Å²) in [4.78, 5) is 25.7. The molecule has 0 radical (unpaired) electrons. The van der Waals surface area contributed by atoms with Gasteiger partial charge in [0.15, 0.2) is 0 Å². The van der Waals surface area contributed by atoms with Gasteiger partial charge in [0.25, 0.3) is 11.6 Å². The van der Waals surface area contributed by atoms with E-state index in [4.69, 9.17) is 5.73 Å². The van der Waals surface area contributed by atoms with Crippen LogP contribution in [0, 0.1) is 16.0 Å². The molecule has 0 aromatic heterocycles. The van der Waals surface area contributed by atoms with E-state index in [1.165, 1.54) is 6.07 Å². The molecule has 1 aromatic rings. The molecule has 2 rings (SSSR count). The lowest BCUT2D eigenvalue weighted by molar-refractivity contribution is -0.386. The summed E-state index contributed by atoms with van der Waals surface area (Å²) in [5.74, 6) is 0.376. The van der Waals surface area contributed by atoms with Crippen molar-refractivity contribution in [3.8, 4) is 0 Å². The largest absolute Gasteiger partial charge is 0.334 e. The van der Waals surface area contributed by atoms with E-state index in [1.54, 1.807) is 17.0 Å². The van der Waals surface area contributed by atoms with Crippen LogP contribution < -0.4 is 5.73 Å². The first-order chi connectivity index (χ1) is 11.1. The standard InChI is InChI=1S/C18H27N3O3/c1-12-7-8-20(14(9-12)11-19)17(22)13-5-6-15(18(2,3)4)16(10-13)21(23)24/h5-6,10,12,14H,7-9,11,19H2,1-4H3. The molecule has 132 valence electrons. The highest BCUT2D eigenvalue weighted by molar-refractivity contribution is 5.95. The first-order valence-electron chi connectivity index (χ1n) is 8.45. The Bertz CT molecular complexity index is 637. The van der Waals surface area contributed by atoms with Crippen molar-refractivity contribution in [1.82, 2.24) is 4.90 Å². The molecular formula is C18H27N3O3. The Morgan fingerprint density at radius 1 is 1.42 bits per heavy atom. The second-order valence-electron chi connectivity index (χ2n) is 7.76. The molecule has 1 heterocycles. The summed E-state index contributed by atoms with van der Waals surface area (Å²) < 4.78 is 0. The average molecular weight is 333 g/mol. The molecule has 2 unspecified atom stereocenters. The van der Waals surface area contributed by atoms with Crippen LogP contribution in [0.25, 0.3) is 0 Å². The molecule has 1 aliphatic rings. The number of amides is 1.